The smallest absolute Gasteiger partial charge is 0.163 e. The van der Waals surface area contributed by atoms with E-state index in [0.717, 1.165) is 5.56 Å². The Bertz CT molecular complexity index is 534. The first-order valence-corrected chi connectivity index (χ1v) is 5.79. The van der Waals surface area contributed by atoms with Gasteiger partial charge in [0, 0.05) is 30.3 Å². The molecule has 4 heteroatoms. The van der Waals surface area contributed by atoms with Gasteiger partial charge in [-0.2, -0.15) is 5.10 Å². The van der Waals surface area contributed by atoms with Crippen molar-refractivity contribution in [1.29, 1.82) is 0 Å². The summed E-state index contributed by atoms with van der Waals surface area (Å²) in [6.07, 6.45) is 4.89. The van der Waals surface area contributed by atoms with Gasteiger partial charge in [0.2, 0.25) is 0 Å². The highest BCUT2D eigenvalue weighted by Gasteiger charge is 2.07. The molecule has 0 saturated carbocycles. The molecule has 0 aliphatic heterocycles. The molecule has 0 radical (unpaired) electrons. The zero-order valence-corrected chi connectivity index (χ0v) is 10.3. The lowest BCUT2D eigenvalue weighted by molar-refractivity contribution is 0.0983. The van der Waals surface area contributed by atoms with Crippen molar-refractivity contribution < 1.29 is 4.79 Å². The third-order valence-electron chi connectivity index (χ3n) is 2.55. The van der Waals surface area contributed by atoms with Gasteiger partial charge in [0.15, 0.2) is 5.78 Å². The van der Waals surface area contributed by atoms with Crippen LogP contribution in [0.1, 0.15) is 22.3 Å². The van der Waals surface area contributed by atoms with Crippen LogP contribution >= 0.6 is 11.6 Å². The van der Waals surface area contributed by atoms with Crippen LogP contribution in [-0.2, 0) is 13.5 Å². The van der Waals surface area contributed by atoms with E-state index in [2.05, 4.69) is 5.10 Å². The minimum atomic E-state index is 0.108. The summed E-state index contributed by atoms with van der Waals surface area (Å²) in [6.45, 7) is 0. The van der Waals surface area contributed by atoms with E-state index in [-0.39, 0.29) is 5.78 Å². The summed E-state index contributed by atoms with van der Waals surface area (Å²) in [5.41, 5.74) is 1.74. The Morgan fingerprint density at radius 2 is 2.29 bits per heavy atom. The number of carbonyl (C=O) groups excluding carboxylic acids is 1. The van der Waals surface area contributed by atoms with Gasteiger partial charge in [0.25, 0.3) is 0 Å². The Morgan fingerprint density at radius 1 is 1.47 bits per heavy atom. The Labute approximate surface area is 105 Å². The van der Waals surface area contributed by atoms with Crippen LogP contribution in [0.5, 0.6) is 0 Å². The van der Waals surface area contributed by atoms with Crippen molar-refractivity contribution in [3.8, 4) is 0 Å². The minimum absolute atomic E-state index is 0.108. The highest BCUT2D eigenvalue weighted by Crippen LogP contribution is 2.13. The molecule has 0 N–H and O–H groups in total. The van der Waals surface area contributed by atoms with Gasteiger partial charge >= 0.3 is 0 Å². The molecule has 0 spiro atoms. The molecule has 0 aliphatic carbocycles. The number of rotatable bonds is 4. The van der Waals surface area contributed by atoms with Crippen LogP contribution < -0.4 is 0 Å². The number of benzene rings is 1. The van der Waals surface area contributed by atoms with Gasteiger partial charge < -0.3 is 0 Å². The number of nitrogens with zero attached hydrogens (tertiary/aromatic N) is 2. The Morgan fingerprint density at radius 3 is 2.94 bits per heavy atom. The van der Waals surface area contributed by atoms with Crippen molar-refractivity contribution in [3.63, 3.8) is 0 Å². The molecule has 2 aromatic rings. The summed E-state index contributed by atoms with van der Waals surface area (Å²) in [5, 5.41) is 4.66. The highest BCUT2D eigenvalue weighted by atomic mass is 35.5. The minimum Gasteiger partial charge on any atom is -0.294 e. The van der Waals surface area contributed by atoms with Crippen LogP contribution in [-0.4, -0.2) is 15.6 Å². The average molecular weight is 249 g/mol. The van der Waals surface area contributed by atoms with Crippen molar-refractivity contribution in [2.24, 2.45) is 7.05 Å². The Kier molecular flexibility index (Phi) is 3.59. The maximum atomic E-state index is 11.9. The fourth-order valence-electron chi connectivity index (χ4n) is 1.67. The second-order valence-electron chi connectivity index (χ2n) is 3.96. The van der Waals surface area contributed by atoms with Gasteiger partial charge in [0.1, 0.15) is 0 Å². The molecular formula is C13H13ClN2O. The topological polar surface area (TPSA) is 34.9 Å². The monoisotopic (exact) mass is 248 g/mol. The number of aromatic nitrogens is 2. The van der Waals surface area contributed by atoms with E-state index < -0.39 is 0 Å². The lowest BCUT2D eigenvalue weighted by Crippen LogP contribution is -2.00. The molecular weight excluding hydrogens is 236 g/mol. The number of Topliss-reactive ketones (excluding diaryl/α,β-unsaturated/α-hetero) is 1. The van der Waals surface area contributed by atoms with E-state index in [0.29, 0.717) is 23.4 Å². The predicted molar refractivity (Wildman–Crippen MR) is 67.3 cm³/mol. The molecule has 0 fully saturated rings. The fraction of sp³-hybridized carbons (Fsp3) is 0.231. The zero-order chi connectivity index (χ0) is 12.3. The SMILES string of the molecule is Cn1cc(CCC(=O)c2cccc(Cl)c2)cn1. The van der Waals surface area contributed by atoms with Gasteiger partial charge in [-0.05, 0) is 24.1 Å². The number of hydrogen-bond acceptors (Lipinski definition) is 2. The molecule has 0 amide bonds. The first-order chi connectivity index (χ1) is 8.15. The maximum Gasteiger partial charge on any atom is 0.163 e. The van der Waals surface area contributed by atoms with Gasteiger partial charge in [-0.25, -0.2) is 0 Å². The summed E-state index contributed by atoms with van der Waals surface area (Å²) >= 11 is 5.84. The normalized spacial score (nSPS) is 10.5. The second kappa shape index (κ2) is 5.15. The van der Waals surface area contributed by atoms with Crippen molar-refractivity contribution in [1.82, 2.24) is 9.78 Å². The molecule has 2 rings (SSSR count). The van der Waals surface area contributed by atoms with Crippen molar-refractivity contribution in [2.45, 2.75) is 12.8 Å². The number of ketones is 1. The molecule has 0 saturated heterocycles. The van der Waals surface area contributed by atoms with E-state index in [1.165, 1.54) is 0 Å². The van der Waals surface area contributed by atoms with Crippen LogP contribution in [0.4, 0.5) is 0 Å². The lowest BCUT2D eigenvalue weighted by Gasteiger charge is -2.00. The first-order valence-electron chi connectivity index (χ1n) is 5.41. The van der Waals surface area contributed by atoms with Gasteiger partial charge in [-0.15, -0.1) is 0 Å². The van der Waals surface area contributed by atoms with Crippen molar-refractivity contribution in [2.75, 3.05) is 0 Å². The molecule has 0 aliphatic rings. The highest BCUT2D eigenvalue weighted by molar-refractivity contribution is 6.31. The van der Waals surface area contributed by atoms with Gasteiger partial charge in [-0.1, -0.05) is 23.7 Å². The van der Waals surface area contributed by atoms with Crippen LogP contribution in [0.2, 0.25) is 5.02 Å². The van der Waals surface area contributed by atoms with Gasteiger partial charge in [-0.3, -0.25) is 9.48 Å². The van der Waals surface area contributed by atoms with E-state index in [1.807, 2.05) is 13.2 Å². The molecule has 1 aromatic heterocycles. The third kappa shape index (κ3) is 3.17. The Balaban J connectivity index is 1.98. The summed E-state index contributed by atoms with van der Waals surface area (Å²) in [4.78, 5) is 11.9. The summed E-state index contributed by atoms with van der Waals surface area (Å²) in [6, 6.07) is 7.05. The average Bonchev–Trinajstić information content (AvgIpc) is 2.72. The van der Waals surface area contributed by atoms with E-state index in [1.54, 1.807) is 35.1 Å². The number of halogens is 1. The lowest BCUT2D eigenvalue weighted by atomic mass is 10.0. The van der Waals surface area contributed by atoms with Crippen molar-refractivity contribution >= 4 is 17.4 Å². The van der Waals surface area contributed by atoms with Crippen LogP contribution in [0.3, 0.4) is 0 Å². The van der Waals surface area contributed by atoms with E-state index >= 15 is 0 Å². The van der Waals surface area contributed by atoms with E-state index in [4.69, 9.17) is 11.6 Å². The first kappa shape index (κ1) is 11.9. The number of carbonyl (C=O) groups is 1. The van der Waals surface area contributed by atoms with Crippen LogP contribution in [0, 0.1) is 0 Å². The molecule has 88 valence electrons. The molecule has 0 unspecified atom stereocenters. The number of hydrogen-bond donors (Lipinski definition) is 0. The molecule has 17 heavy (non-hydrogen) atoms. The van der Waals surface area contributed by atoms with Crippen LogP contribution in [0.25, 0.3) is 0 Å². The third-order valence-corrected chi connectivity index (χ3v) is 2.78. The predicted octanol–water partition coefficient (Wildman–Crippen LogP) is 2.89. The standard InChI is InChI=1S/C13H13ClN2O/c1-16-9-10(8-15-16)5-6-13(17)11-3-2-4-12(14)7-11/h2-4,7-9H,5-6H2,1H3. The van der Waals surface area contributed by atoms with Crippen LogP contribution in [0.15, 0.2) is 36.7 Å². The second-order valence-corrected chi connectivity index (χ2v) is 4.39. The summed E-state index contributed by atoms with van der Waals surface area (Å²) in [5.74, 6) is 0.108. The van der Waals surface area contributed by atoms with Crippen molar-refractivity contribution in [3.05, 3.63) is 52.8 Å². The quantitative estimate of drug-likeness (QED) is 0.780. The largest absolute Gasteiger partial charge is 0.294 e. The molecule has 0 bridgehead atoms. The summed E-state index contributed by atoms with van der Waals surface area (Å²) < 4.78 is 1.74. The zero-order valence-electron chi connectivity index (χ0n) is 9.56. The molecule has 0 atom stereocenters. The summed E-state index contributed by atoms with van der Waals surface area (Å²) in [7, 11) is 1.86. The maximum absolute atomic E-state index is 11.9. The number of aryl methyl sites for hydroxylation is 2. The van der Waals surface area contributed by atoms with Gasteiger partial charge in [0.05, 0.1) is 6.20 Å². The molecule has 3 nitrogen and oxygen atoms in total. The molecule has 1 aromatic carbocycles. The Hall–Kier alpha value is -1.61. The van der Waals surface area contributed by atoms with E-state index in [9.17, 15) is 4.79 Å². The molecule has 1 heterocycles. The fourth-order valence-corrected chi connectivity index (χ4v) is 1.86.